The third kappa shape index (κ3) is 5.09. The van der Waals surface area contributed by atoms with Crippen LogP contribution in [-0.4, -0.2) is 28.0 Å². The molecule has 2 aromatic rings. The van der Waals surface area contributed by atoms with E-state index < -0.39 is 22.5 Å². The smallest absolute Gasteiger partial charge is 0.272 e. The van der Waals surface area contributed by atoms with Crippen molar-refractivity contribution >= 4 is 27.5 Å². The zero-order valence-electron chi connectivity index (χ0n) is 13.6. The molecule has 2 rings (SSSR count). The van der Waals surface area contributed by atoms with Crippen molar-refractivity contribution in [2.24, 2.45) is 0 Å². The molecule has 1 amide bonds. The van der Waals surface area contributed by atoms with Gasteiger partial charge in [-0.2, -0.15) is 0 Å². The van der Waals surface area contributed by atoms with Gasteiger partial charge in [-0.3, -0.25) is 10.2 Å². The van der Waals surface area contributed by atoms with E-state index in [1.807, 2.05) is 4.83 Å². The van der Waals surface area contributed by atoms with Crippen molar-refractivity contribution in [2.45, 2.75) is 11.8 Å². The number of halogens is 1. The lowest BCUT2D eigenvalue weighted by molar-refractivity contribution is -0.123. The number of benzene rings is 2. The molecule has 0 bridgehead atoms. The van der Waals surface area contributed by atoms with Gasteiger partial charge in [-0.15, -0.1) is 4.83 Å². The number of amides is 1. The summed E-state index contributed by atoms with van der Waals surface area (Å²) in [5.74, 6) is -0.197. The first-order valence-electron chi connectivity index (χ1n) is 7.16. The molecule has 2 N–H and O–H groups in total. The molecule has 0 saturated carbocycles. The molecule has 9 heteroatoms. The predicted molar refractivity (Wildman–Crippen MR) is 93.1 cm³/mol. The maximum Gasteiger partial charge on any atom is 0.272 e. The number of para-hydroxylation sites is 1. The van der Waals surface area contributed by atoms with E-state index in [9.17, 15) is 13.2 Å². The van der Waals surface area contributed by atoms with E-state index in [4.69, 9.17) is 21.1 Å². The molecular weight excluding hydrogens is 368 g/mol. The molecule has 0 fully saturated rings. The summed E-state index contributed by atoms with van der Waals surface area (Å²) in [6.07, 6.45) is 0. The molecular formula is C16H17ClN2O5S. The van der Waals surface area contributed by atoms with E-state index in [0.717, 1.165) is 5.56 Å². The Morgan fingerprint density at radius 1 is 1.16 bits per heavy atom. The SMILES string of the molecule is COc1ccc(C)cc1S(=O)(=O)NNC(=O)COc1ccccc1Cl. The Morgan fingerprint density at radius 2 is 1.88 bits per heavy atom. The van der Waals surface area contributed by atoms with Crippen molar-refractivity contribution in [3.63, 3.8) is 0 Å². The molecule has 134 valence electrons. The molecule has 0 unspecified atom stereocenters. The van der Waals surface area contributed by atoms with Gasteiger partial charge in [0.2, 0.25) is 0 Å². The third-order valence-corrected chi connectivity index (χ3v) is 4.71. The average Bonchev–Trinajstić information content (AvgIpc) is 2.59. The van der Waals surface area contributed by atoms with Crippen LogP contribution in [0.4, 0.5) is 0 Å². The average molecular weight is 385 g/mol. The van der Waals surface area contributed by atoms with Crippen LogP contribution in [0.1, 0.15) is 5.56 Å². The van der Waals surface area contributed by atoms with Gasteiger partial charge in [-0.05, 0) is 36.8 Å². The molecule has 0 atom stereocenters. The summed E-state index contributed by atoms with van der Waals surface area (Å²) >= 11 is 5.90. The van der Waals surface area contributed by atoms with Crippen molar-refractivity contribution in [2.75, 3.05) is 13.7 Å². The van der Waals surface area contributed by atoms with Crippen LogP contribution in [0.5, 0.6) is 11.5 Å². The highest BCUT2D eigenvalue weighted by Crippen LogP contribution is 2.24. The maximum atomic E-state index is 12.3. The molecule has 0 radical (unpaired) electrons. The largest absolute Gasteiger partial charge is 0.495 e. The molecule has 0 aliphatic heterocycles. The summed E-state index contributed by atoms with van der Waals surface area (Å²) in [5, 5.41) is 0.348. The van der Waals surface area contributed by atoms with E-state index in [1.54, 1.807) is 37.3 Å². The minimum atomic E-state index is -4.00. The molecule has 7 nitrogen and oxygen atoms in total. The zero-order valence-corrected chi connectivity index (χ0v) is 15.1. The number of hydrogen-bond acceptors (Lipinski definition) is 5. The van der Waals surface area contributed by atoms with Gasteiger partial charge in [0, 0.05) is 0 Å². The number of carbonyl (C=O) groups is 1. The van der Waals surface area contributed by atoms with Gasteiger partial charge in [0.15, 0.2) is 6.61 Å². The van der Waals surface area contributed by atoms with Crippen LogP contribution in [0.25, 0.3) is 0 Å². The number of aryl methyl sites for hydroxylation is 1. The first-order valence-corrected chi connectivity index (χ1v) is 9.02. The van der Waals surface area contributed by atoms with Gasteiger partial charge in [-0.1, -0.05) is 29.8 Å². The van der Waals surface area contributed by atoms with Gasteiger partial charge in [0.1, 0.15) is 16.4 Å². The standard InChI is InChI=1S/C16H17ClN2O5S/c1-11-7-8-14(23-2)15(9-11)25(21,22)19-18-16(20)10-24-13-6-4-3-5-12(13)17/h3-9,19H,10H2,1-2H3,(H,18,20). The molecule has 0 saturated heterocycles. The second-order valence-electron chi connectivity index (χ2n) is 5.03. The number of hydrogen-bond donors (Lipinski definition) is 2. The predicted octanol–water partition coefficient (Wildman–Crippen LogP) is 2.05. The van der Waals surface area contributed by atoms with Gasteiger partial charge in [-0.25, -0.2) is 8.42 Å². The first kappa shape index (κ1) is 19.0. The van der Waals surface area contributed by atoms with Crippen molar-refractivity contribution in [3.8, 4) is 11.5 Å². The van der Waals surface area contributed by atoms with Crippen LogP contribution >= 0.6 is 11.6 Å². The molecule has 2 aromatic carbocycles. The van der Waals surface area contributed by atoms with E-state index in [0.29, 0.717) is 10.8 Å². The fraction of sp³-hybridized carbons (Fsp3) is 0.188. The number of sulfonamides is 1. The lowest BCUT2D eigenvalue weighted by Gasteiger charge is -2.12. The first-order chi connectivity index (χ1) is 11.8. The fourth-order valence-corrected chi connectivity index (χ4v) is 3.22. The molecule has 0 heterocycles. The molecule has 0 spiro atoms. The second kappa shape index (κ2) is 8.19. The quantitative estimate of drug-likeness (QED) is 0.712. The Morgan fingerprint density at radius 3 is 2.56 bits per heavy atom. The Balaban J connectivity index is 1.99. The summed E-state index contributed by atoms with van der Waals surface area (Å²) in [5.41, 5.74) is 2.81. The number of carbonyl (C=O) groups excluding carboxylic acids is 1. The Labute approximate surface area is 150 Å². The Bertz CT molecular complexity index is 871. The topological polar surface area (TPSA) is 93.7 Å². The van der Waals surface area contributed by atoms with Gasteiger partial charge >= 0.3 is 0 Å². The highest BCUT2D eigenvalue weighted by Gasteiger charge is 2.20. The highest BCUT2D eigenvalue weighted by molar-refractivity contribution is 7.89. The van der Waals surface area contributed by atoms with Crippen LogP contribution in [-0.2, 0) is 14.8 Å². The highest BCUT2D eigenvalue weighted by atomic mass is 35.5. The minimum Gasteiger partial charge on any atom is -0.495 e. The Hall–Kier alpha value is -2.29. The number of rotatable bonds is 7. The van der Waals surface area contributed by atoms with Crippen molar-refractivity contribution < 1.29 is 22.7 Å². The van der Waals surface area contributed by atoms with Crippen LogP contribution in [0.2, 0.25) is 5.02 Å². The molecule has 0 aromatic heterocycles. The summed E-state index contributed by atoms with van der Waals surface area (Å²) in [7, 11) is -2.64. The van der Waals surface area contributed by atoms with E-state index in [-0.39, 0.29) is 10.6 Å². The minimum absolute atomic E-state index is 0.0812. The molecule has 0 aliphatic rings. The van der Waals surface area contributed by atoms with Crippen molar-refractivity contribution in [1.82, 2.24) is 10.3 Å². The van der Waals surface area contributed by atoms with E-state index >= 15 is 0 Å². The van der Waals surface area contributed by atoms with Gasteiger partial charge in [0.05, 0.1) is 12.1 Å². The molecule has 0 aliphatic carbocycles. The number of methoxy groups -OCH3 is 1. The summed E-state index contributed by atoms with van der Waals surface area (Å²) in [6.45, 7) is 1.34. The normalized spacial score (nSPS) is 11.0. The van der Waals surface area contributed by atoms with Crippen LogP contribution in [0.15, 0.2) is 47.4 Å². The van der Waals surface area contributed by atoms with E-state index in [1.165, 1.54) is 19.2 Å². The van der Waals surface area contributed by atoms with Gasteiger partial charge < -0.3 is 9.47 Å². The second-order valence-corrected chi connectivity index (χ2v) is 7.09. The number of ether oxygens (including phenoxy) is 2. The maximum absolute atomic E-state index is 12.3. The Kier molecular flexibility index (Phi) is 6.24. The summed E-state index contributed by atoms with van der Waals surface area (Å²) in [6, 6.07) is 11.3. The van der Waals surface area contributed by atoms with Crippen LogP contribution in [0, 0.1) is 6.92 Å². The van der Waals surface area contributed by atoms with Crippen LogP contribution < -0.4 is 19.7 Å². The third-order valence-electron chi connectivity index (χ3n) is 3.13. The monoisotopic (exact) mass is 384 g/mol. The lowest BCUT2D eigenvalue weighted by Crippen LogP contribution is -2.43. The van der Waals surface area contributed by atoms with Gasteiger partial charge in [0.25, 0.3) is 15.9 Å². The fourth-order valence-electron chi connectivity index (χ4n) is 1.91. The number of hydrazine groups is 1. The van der Waals surface area contributed by atoms with Crippen molar-refractivity contribution in [1.29, 1.82) is 0 Å². The van der Waals surface area contributed by atoms with E-state index in [2.05, 4.69) is 5.43 Å². The number of nitrogens with one attached hydrogen (secondary N) is 2. The summed E-state index contributed by atoms with van der Waals surface area (Å²) < 4.78 is 34.9. The summed E-state index contributed by atoms with van der Waals surface area (Å²) in [4.78, 5) is 13.7. The lowest BCUT2D eigenvalue weighted by atomic mass is 10.2. The zero-order chi connectivity index (χ0) is 18.4. The van der Waals surface area contributed by atoms with Crippen LogP contribution in [0.3, 0.4) is 0 Å². The molecule has 25 heavy (non-hydrogen) atoms. The van der Waals surface area contributed by atoms with Crippen molar-refractivity contribution in [3.05, 3.63) is 53.1 Å².